The quantitative estimate of drug-likeness (QED) is 0.800. The molecule has 1 aromatic rings. The van der Waals surface area contributed by atoms with E-state index in [1.54, 1.807) is 12.1 Å². The van der Waals surface area contributed by atoms with Gasteiger partial charge in [0, 0.05) is 43.8 Å². The van der Waals surface area contributed by atoms with E-state index in [4.69, 9.17) is 9.47 Å². The van der Waals surface area contributed by atoms with Crippen molar-refractivity contribution in [3.05, 3.63) is 35.6 Å². The summed E-state index contributed by atoms with van der Waals surface area (Å²) in [4.78, 5) is 0. The highest BCUT2D eigenvalue weighted by atomic mass is 35.5. The molecule has 152 valence electrons. The van der Waals surface area contributed by atoms with Gasteiger partial charge in [-0.25, -0.2) is 4.39 Å². The first-order valence-electron chi connectivity index (χ1n) is 10.2. The van der Waals surface area contributed by atoms with Gasteiger partial charge in [0.2, 0.25) is 0 Å². The molecule has 0 radical (unpaired) electrons. The highest BCUT2D eigenvalue weighted by Gasteiger charge is 2.38. The molecule has 0 spiro atoms. The molecule has 2 aliphatic heterocycles. The number of benzene rings is 1. The van der Waals surface area contributed by atoms with Gasteiger partial charge >= 0.3 is 0 Å². The number of hydrogen-bond acceptors (Lipinski definition) is 4. The van der Waals surface area contributed by atoms with E-state index in [0.29, 0.717) is 18.0 Å². The first kappa shape index (κ1) is 21.0. The van der Waals surface area contributed by atoms with Crippen molar-refractivity contribution < 1.29 is 13.9 Å². The van der Waals surface area contributed by atoms with E-state index < -0.39 is 0 Å². The van der Waals surface area contributed by atoms with Crippen LogP contribution in [-0.4, -0.2) is 51.6 Å². The molecule has 0 aromatic heterocycles. The van der Waals surface area contributed by atoms with Gasteiger partial charge in [0.1, 0.15) is 5.82 Å². The Morgan fingerprint density at radius 2 is 1.85 bits per heavy atom. The molecule has 4 rings (SSSR count). The topological polar surface area (TPSA) is 42.5 Å². The van der Waals surface area contributed by atoms with Gasteiger partial charge in [0.25, 0.3) is 0 Å². The van der Waals surface area contributed by atoms with Gasteiger partial charge in [0.05, 0.1) is 13.2 Å². The zero-order valence-corrected chi connectivity index (χ0v) is 16.7. The third-order valence-corrected chi connectivity index (χ3v) is 6.65. The van der Waals surface area contributed by atoms with Gasteiger partial charge in [-0.1, -0.05) is 18.6 Å². The van der Waals surface area contributed by atoms with Crippen LogP contribution < -0.4 is 10.6 Å². The number of morpholine rings is 1. The van der Waals surface area contributed by atoms with E-state index in [-0.39, 0.29) is 23.6 Å². The molecule has 1 aliphatic carbocycles. The summed E-state index contributed by atoms with van der Waals surface area (Å²) in [5.74, 6) is 0.476. The molecule has 0 amide bonds. The van der Waals surface area contributed by atoms with Crippen molar-refractivity contribution in [2.75, 3.05) is 39.5 Å². The Labute approximate surface area is 168 Å². The van der Waals surface area contributed by atoms with Gasteiger partial charge in [-0.05, 0) is 49.3 Å². The second-order valence-electron chi connectivity index (χ2n) is 8.12. The van der Waals surface area contributed by atoms with Gasteiger partial charge in [0.15, 0.2) is 0 Å². The fourth-order valence-corrected chi connectivity index (χ4v) is 5.04. The number of nitrogens with one attached hydrogen (secondary N) is 2. The van der Waals surface area contributed by atoms with Crippen LogP contribution in [0.2, 0.25) is 0 Å². The maximum absolute atomic E-state index is 13.4. The normalized spacial score (nSPS) is 30.6. The van der Waals surface area contributed by atoms with Crippen LogP contribution in [0.3, 0.4) is 0 Å². The van der Waals surface area contributed by atoms with Crippen LogP contribution in [0.4, 0.5) is 4.39 Å². The molecule has 27 heavy (non-hydrogen) atoms. The smallest absolute Gasteiger partial charge is 0.123 e. The average Bonchev–Trinajstić information content (AvgIpc) is 3.17. The van der Waals surface area contributed by atoms with E-state index in [1.807, 2.05) is 12.1 Å². The first-order chi connectivity index (χ1) is 12.8. The van der Waals surface area contributed by atoms with Crippen molar-refractivity contribution in [1.82, 2.24) is 10.6 Å². The van der Waals surface area contributed by atoms with Crippen LogP contribution in [0.1, 0.15) is 37.7 Å². The summed E-state index contributed by atoms with van der Waals surface area (Å²) >= 11 is 0. The van der Waals surface area contributed by atoms with Crippen molar-refractivity contribution in [3.8, 4) is 0 Å². The molecule has 3 fully saturated rings. The van der Waals surface area contributed by atoms with Gasteiger partial charge in [-0.2, -0.15) is 0 Å². The maximum Gasteiger partial charge on any atom is 0.123 e. The van der Waals surface area contributed by atoms with Crippen LogP contribution in [0.5, 0.6) is 0 Å². The highest BCUT2D eigenvalue weighted by Crippen LogP contribution is 2.36. The molecule has 0 bridgehead atoms. The first-order valence-corrected chi connectivity index (χ1v) is 10.2. The molecule has 4 nitrogen and oxygen atoms in total. The van der Waals surface area contributed by atoms with Crippen LogP contribution in [0, 0.1) is 11.7 Å². The molecule has 1 aromatic carbocycles. The minimum Gasteiger partial charge on any atom is -0.381 e. The van der Waals surface area contributed by atoms with Crippen molar-refractivity contribution in [3.63, 3.8) is 0 Å². The standard InChI is InChI=1S/C21H31FN2O2.ClH/c22-17-6-4-16(5-7-17)21(8-11-25-12-9-21)15-24-19-3-1-2-18(19)20-14-26-13-10-23-20;/h4-7,18-20,23-24H,1-3,8-15H2;1H. The largest absolute Gasteiger partial charge is 0.381 e. The molecule has 6 heteroatoms. The number of halogens is 2. The van der Waals surface area contributed by atoms with Crippen LogP contribution in [0.25, 0.3) is 0 Å². The summed E-state index contributed by atoms with van der Waals surface area (Å²) in [6.07, 6.45) is 5.78. The van der Waals surface area contributed by atoms with Crippen molar-refractivity contribution in [2.24, 2.45) is 5.92 Å². The summed E-state index contributed by atoms with van der Waals surface area (Å²) in [7, 11) is 0. The van der Waals surface area contributed by atoms with Gasteiger partial charge in [-0.15, -0.1) is 12.4 Å². The van der Waals surface area contributed by atoms with E-state index in [1.165, 1.54) is 24.8 Å². The molecule has 2 saturated heterocycles. The Balaban J connectivity index is 0.00000210. The summed E-state index contributed by atoms with van der Waals surface area (Å²) in [5.41, 5.74) is 1.29. The van der Waals surface area contributed by atoms with Crippen LogP contribution >= 0.6 is 12.4 Å². The Hall–Kier alpha value is -0.720. The number of rotatable bonds is 5. The lowest BCUT2D eigenvalue weighted by Crippen LogP contribution is -2.53. The summed E-state index contributed by atoms with van der Waals surface area (Å²) in [6.45, 7) is 5.13. The third-order valence-electron chi connectivity index (χ3n) is 6.65. The van der Waals surface area contributed by atoms with Crippen LogP contribution in [0.15, 0.2) is 24.3 Å². The molecule has 1 saturated carbocycles. The maximum atomic E-state index is 13.4. The van der Waals surface area contributed by atoms with E-state index >= 15 is 0 Å². The zero-order chi connectivity index (χ0) is 17.8. The van der Waals surface area contributed by atoms with Crippen molar-refractivity contribution in [1.29, 1.82) is 0 Å². The van der Waals surface area contributed by atoms with Crippen molar-refractivity contribution in [2.45, 2.75) is 49.6 Å². The molecule has 2 heterocycles. The lowest BCUT2D eigenvalue weighted by atomic mass is 9.73. The van der Waals surface area contributed by atoms with Gasteiger partial charge < -0.3 is 20.1 Å². The monoisotopic (exact) mass is 398 g/mol. The number of ether oxygens (including phenoxy) is 2. The molecular formula is C21H32ClFN2O2. The minimum atomic E-state index is -0.164. The summed E-state index contributed by atoms with van der Waals surface area (Å²) in [5, 5.41) is 7.56. The third kappa shape index (κ3) is 4.83. The van der Waals surface area contributed by atoms with Crippen molar-refractivity contribution >= 4 is 12.4 Å². The molecule has 3 aliphatic rings. The second-order valence-corrected chi connectivity index (χ2v) is 8.12. The second kappa shape index (κ2) is 9.66. The van der Waals surface area contributed by atoms with Gasteiger partial charge in [-0.3, -0.25) is 0 Å². The molecular weight excluding hydrogens is 367 g/mol. The Bertz CT molecular complexity index is 574. The van der Waals surface area contributed by atoms with E-state index in [9.17, 15) is 4.39 Å². The predicted molar refractivity (Wildman–Crippen MR) is 107 cm³/mol. The fourth-order valence-electron chi connectivity index (χ4n) is 5.04. The predicted octanol–water partition coefficient (Wildman–Crippen LogP) is 3.04. The lowest BCUT2D eigenvalue weighted by Gasteiger charge is -2.40. The van der Waals surface area contributed by atoms with E-state index in [2.05, 4.69) is 10.6 Å². The Kier molecular flexibility index (Phi) is 7.51. The average molecular weight is 399 g/mol. The number of hydrogen-bond donors (Lipinski definition) is 2. The fraction of sp³-hybridized carbons (Fsp3) is 0.714. The molecule has 3 atom stereocenters. The zero-order valence-electron chi connectivity index (χ0n) is 15.9. The highest BCUT2D eigenvalue weighted by molar-refractivity contribution is 5.85. The molecule has 3 unspecified atom stereocenters. The Morgan fingerprint density at radius 1 is 1.07 bits per heavy atom. The Morgan fingerprint density at radius 3 is 2.56 bits per heavy atom. The SMILES string of the molecule is Cl.Fc1ccc(C2(CNC3CCCC3C3COCCN3)CCOCC2)cc1. The lowest BCUT2D eigenvalue weighted by molar-refractivity contribution is 0.0418. The van der Waals surface area contributed by atoms with E-state index in [0.717, 1.165) is 52.4 Å². The summed E-state index contributed by atoms with van der Waals surface area (Å²) < 4.78 is 24.7. The van der Waals surface area contributed by atoms with Crippen LogP contribution in [-0.2, 0) is 14.9 Å². The minimum absolute atomic E-state index is 0. The summed E-state index contributed by atoms with van der Waals surface area (Å²) in [6, 6.07) is 8.12. The molecule has 2 N–H and O–H groups in total.